The van der Waals surface area contributed by atoms with E-state index in [9.17, 15) is 19.0 Å². The van der Waals surface area contributed by atoms with Crippen LogP contribution in [-0.4, -0.2) is 34.4 Å². The molecule has 0 heterocycles. The molecule has 0 bridgehead atoms. The first-order valence-electron chi connectivity index (χ1n) is 5.14. The maximum Gasteiger partial charge on any atom is 0.265 e. The lowest BCUT2D eigenvalue weighted by atomic mass is 10.1. The molecule has 0 radical (unpaired) electrons. The average Bonchev–Trinajstić information content (AvgIpc) is 2.25. The van der Waals surface area contributed by atoms with Crippen molar-refractivity contribution in [2.45, 2.75) is 25.5 Å². The lowest BCUT2D eigenvalue weighted by molar-refractivity contribution is -0.00444. The molecule has 0 saturated heterocycles. The summed E-state index contributed by atoms with van der Waals surface area (Å²) in [7, 11) is 0. The van der Waals surface area contributed by atoms with Gasteiger partial charge in [-0.2, -0.15) is 0 Å². The summed E-state index contributed by atoms with van der Waals surface area (Å²) in [6.07, 6.45) is -4.60. The largest absolute Gasteiger partial charge is 0.507 e. The summed E-state index contributed by atoms with van der Waals surface area (Å²) in [6.45, 7) is 1.26. The zero-order chi connectivity index (χ0) is 13.0. The van der Waals surface area contributed by atoms with Crippen molar-refractivity contribution in [2.24, 2.45) is 0 Å². The predicted molar refractivity (Wildman–Crippen MR) is 58.2 cm³/mol. The van der Waals surface area contributed by atoms with Gasteiger partial charge in [-0.3, -0.25) is 0 Å². The SMILES string of the molecule is CC(NCC(O)C(F)F)c1c(O)cccc1O. The fourth-order valence-electron chi connectivity index (χ4n) is 1.47. The van der Waals surface area contributed by atoms with Crippen molar-refractivity contribution in [1.82, 2.24) is 5.32 Å². The molecule has 1 aromatic rings. The van der Waals surface area contributed by atoms with Crippen molar-refractivity contribution in [3.05, 3.63) is 23.8 Å². The molecule has 0 amide bonds. The van der Waals surface area contributed by atoms with E-state index in [4.69, 9.17) is 5.11 Å². The topological polar surface area (TPSA) is 72.7 Å². The number of aliphatic hydroxyl groups is 1. The Kier molecular flexibility index (Phi) is 4.65. The smallest absolute Gasteiger partial charge is 0.265 e. The van der Waals surface area contributed by atoms with E-state index in [0.29, 0.717) is 0 Å². The maximum absolute atomic E-state index is 12.1. The number of aliphatic hydroxyl groups excluding tert-OH is 1. The van der Waals surface area contributed by atoms with Crippen molar-refractivity contribution in [3.8, 4) is 11.5 Å². The Morgan fingerprint density at radius 1 is 1.24 bits per heavy atom. The third-order valence-electron chi connectivity index (χ3n) is 2.42. The molecule has 0 aliphatic carbocycles. The quantitative estimate of drug-likeness (QED) is 0.634. The Bertz CT molecular complexity index is 353. The molecule has 1 aromatic carbocycles. The molecular formula is C11H15F2NO3. The van der Waals surface area contributed by atoms with Gasteiger partial charge < -0.3 is 20.6 Å². The van der Waals surface area contributed by atoms with E-state index >= 15 is 0 Å². The average molecular weight is 247 g/mol. The minimum atomic E-state index is -2.83. The molecule has 0 spiro atoms. The number of benzene rings is 1. The first kappa shape index (κ1) is 13.7. The predicted octanol–water partition coefficient (Wildman–Crippen LogP) is 1.37. The summed E-state index contributed by atoms with van der Waals surface area (Å²) in [5, 5.41) is 30.6. The first-order chi connectivity index (χ1) is 7.93. The van der Waals surface area contributed by atoms with E-state index in [1.54, 1.807) is 6.92 Å². The van der Waals surface area contributed by atoms with E-state index in [1.165, 1.54) is 18.2 Å². The lowest BCUT2D eigenvalue weighted by Crippen LogP contribution is -2.33. The minimum absolute atomic E-state index is 0.128. The number of halogens is 2. The van der Waals surface area contributed by atoms with Gasteiger partial charge in [0.25, 0.3) is 6.43 Å². The van der Waals surface area contributed by atoms with Crippen molar-refractivity contribution in [1.29, 1.82) is 0 Å². The van der Waals surface area contributed by atoms with Crippen molar-refractivity contribution < 1.29 is 24.1 Å². The van der Waals surface area contributed by atoms with Gasteiger partial charge in [0.15, 0.2) is 0 Å². The van der Waals surface area contributed by atoms with Gasteiger partial charge in [0.1, 0.15) is 17.6 Å². The minimum Gasteiger partial charge on any atom is -0.507 e. The fraction of sp³-hybridized carbons (Fsp3) is 0.455. The summed E-state index contributed by atoms with van der Waals surface area (Å²) in [6, 6.07) is 3.69. The number of hydrogen-bond donors (Lipinski definition) is 4. The highest BCUT2D eigenvalue weighted by molar-refractivity contribution is 5.44. The zero-order valence-electron chi connectivity index (χ0n) is 9.27. The Labute approximate surface area is 97.5 Å². The van der Waals surface area contributed by atoms with Gasteiger partial charge in [-0.1, -0.05) is 6.07 Å². The van der Waals surface area contributed by atoms with Gasteiger partial charge in [-0.05, 0) is 19.1 Å². The number of rotatable bonds is 5. The van der Waals surface area contributed by atoms with Crippen LogP contribution < -0.4 is 5.32 Å². The molecule has 1 rings (SSSR count). The summed E-state index contributed by atoms with van der Waals surface area (Å²) in [5.74, 6) is -0.256. The number of phenols is 2. The third-order valence-corrected chi connectivity index (χ3v) is 2.42. The van der Waals surface area contributed by atoms with Crippen LogP contribution in [0.3, 0.4) is 0 Å². The molecule has 17 heavy (non-hydrogen) atoms. The molecule has 0 fully saturated rings. The maximum atomic E-state index is 12.1. The van der Waals surface area contributed by atoms with Crippen LogP contribution >= 0.6 is 0 Å². The number of alkyl halides is 2. The van der Waals surface area contributed by atoms with Gasteiger partial charge >= 0.3 is 0 Å². The van der Waals surface area contributed by atoms with Crippen LogP contribution in [0.1, 0.15) is 18.5 Å². The first-order valence-corrected chi connectivity index (χ1v) is 5.14. The summed E-state index contributed by atoms with van der Waals surface area (Å²) >= 11 is 0. The van der Waals surface area contributed by atoms with Crippen molar-refractivity contribution in [2.75, 3.05) is 6.54 Å². The second kappa shape index (κ2) is 5.79. The molecule has 2 atom stereocenters. The molecule has 4 nitrogen and oxygen atoms in total. The fourth-order valence-corrected chi connectivity index (χ4v) is 1.47. The van der Waals surface area contributed by atoms with Crippen LogP contribution in [0.2, 0.25) is 0 Å². The highest BCUT2D eigenvalue weighted by atomic mass is 19.3. The Balaban J connectivity index is 2.67. The van der Waals surface area contributed by atoms with Gasteiger partial charge in [-0.15, -0.1) is 0 Å². The van der Waals surface area contributed by atoms with Gasteiger partial charge in [-0.25, -0.2) is 8.78 Å². The Morgan fingerprint density at radius 3 is 2.24 bits per heavy atom. The number of hydrogen-bond acceptors (Lipinski definition) is 4. The molecular weight excluding hydrogens is 232 g/mol. The third kappa shape index (κ3) is 3.54. The standard InChI is InChI=1S/C11H15F2NO3/c1-6(14-5-9(17)11(12)13)10-7(15)3-2-4-8(10)16/h2-4,6,9,11,14-17H,5H2,1H3. The van der Waals surface area contributed by atoms with Crippen LogP contribution in [0.4, 0.5) is 8.78 Å². The molecule has 96 valence electrons. The van der Waals surface area contributed by atoms with Gasteiger partial charge in [0, 0.05) is 12.6 Å². The Morgan fingerprint density at radius 2 is 1.76 bits per heavy atom. The van der Waals surface area contributed by atoms with Crippen LogP contribution in [0.5, 0.6) is 11.5 Å². The van der Waals surface area contributed by atoms with Gasteiger partial charge in [0.05, 0.1) is 5.56 Å². The van der Waals surface area contributed by atoms with E-state index in [0.717, 1.165) is 0 Å². The highest BCUT2D eigenvalue weighted by Crippen LogP contribution is 2.31. The van der Waals surface area contributed by atoms with Gasteiger partial charge in [0.2, 0.25) is 0 Å². The lowest BCUT2D eigenvalue weighted by Gasteiger charge is -2.18. The van der Waals surface area contributed by atoms with E-state index in [-0.39, 0.29) is 23.6 Å². The molecule has 0 saturated carbocycles. The van der Waals surface area contributed by atoms with Crippen LogP contribution in [0.15, 0.2) is 18.2 Å². The summed E-state index contributed by atoms with van der Waals surface area (Å²) < 4.78 is 24.1. The summed E-state index contributed by atoms with van der Waals surface area (Å²) in [5.41, 5.74) is 0.217. The number of phenolic OH excluding ortho intramolecular Hbond substituents is 2. The number of nitrogens with one attached hydrogen (secondary N) is 1. The highest BCUT2D eigenvalue weighted by Gasteiger charge is 2.20. The molecule has 0 aliphatic heterocycles. The molecule has 4 N–H and O–H groups in total. The Hall–Kier alpha value is -1.40. The second-order valence-electron chi connectivity index (χ2n) is 3.74. The van der Waals surface area contributed by atoms with E-state index in [2.05, 4.69) is 5.32 Å². The monoisotopic (exact) mass is 247 g/mol. The van der Waals surface area contributed by atoms with Crippen LogP contribution in [0, 0.1) is 0 Å². The van der Waals surface area contributed by atoms with Crippen molar-refractivity contribution in [3.63, 3.8) is 0 Å². The normalized spacial score (nSPS) is 14.9. The molecule has 6 heteroatoms. The number of aromatic hydroxyl groups is 2. The molecule has 0 aromatic heterocycles. The van der Waals surface area contributed by atoms with E-state index in [1.807, 2.05) is 0 Å². The zero-order valence-corrected chi connectivity index (χ0v) is 9.27. The molecule has 2 unspecified atom stereocenters. The van der Waals surface area contributed by atoms with Crippen LogP contribution in [0.25, 0.3) is 0 Å². The van der Waals surface area contributed by atoms with E-state index < -0.39 is 18.6 Å². The molecule has 0 aliphatic rings. The van der Waals surface area contributed by atoms with Crippen molar-refractivity contribution >= 4 is 0 Å². The summed E-state index contributed by atoms with van der Waals surface area (Å²) in [4.78, 5) is 0. The second-order valence-corrected chi connectivity index (χ2v) is 3.74. The van der Waals surface area contributed by atoms with Crippen LogP contribution in [-0.2, 0) is 0 Å².